The highest BCUT2D eigenvalue weighted by Crippen LogP contribution is 2.21. The molecule has 1 atom stereocenters. The number of benzene rings is 1. The number of aliphatic hydroxyl groups is 1. The summed E-state index contributed by atoms with van der Waals surface area (Å²) in [5, 5.41) is 13.1. The zero-order valence-electron chi connectivity index (χ0n) is 7.84. The van der Waals surface area contributed by atoms with E-state index >= 15 is 0 Å². The molecule has 14 heavy (non-hydrogen) atoms. The van der Waals surface area contributed by atoms with Crippen LogP contribution in [0.2, 0.25) is 0 Å². The Morgan fingerprint density at radius 1 is 1.29 bits per heavy atom. The molecule has 1 heterocycles. The van der Waals surface area contributed by atoms with Gasteiger partial charge in [-0.25, -0.2) is 0 Å². The molecule has 1 aromatic carbocycles. The Labute approximate surface area is 82.0 Å². The Hall–Kier alpha value is -1.61. The highest BCUT2D eigenvalue weighted by molar-refractivity contribution is 5.58. The van der Waals surface area contributed by atoms with E-state index in [0.717, 1.165) is 11.3 Å². The van der Waals surface area contributed by atoms with Crippen molar-refractivity contribution in [3.05, 3.63) is 42.2 Å². The highest BCUT2D eigenvalue weighted by Gasteiger charge is 2.09. The molecule has 0 radical (unpaired) electrons. The number of aromatic nitrogens is 1. The minimum Gasteiger partial charge on any atom is -0.385 e. The van der Waals surface area contributed by atoms with Crippen LogP contribution < -0.4 is 0 Å². The van der Waals surface area contributed by atoms with E-state index in [9.17, 15) is 5.11 Å². The van der Waals surface area contributed by atoms with Crippen molar-refractivity contribution in [3.8, 4) is 11.3 Å². The summed E-state index contributed by atoms with van der Waals surface area (Å²) in [7, 11) is 0. The molecule has 0 amide bonds. The zero-order chi connectivity index (χ0) is 9.97. The van der Waals surface area contributed by atoms with Crippen LogP contribution in [0.25, 0.3) is 11.3 Å². The zero-order valence-corrected chi connectivity index (χ0v) is 7.84. The highest BCUT2D eigenvalue weighted by atomic mass is 16.5. The van der Waals surface area contributed by atoms with Gasteiger partial charge in [-0.1, -0.05) is 35.5 Å². The molecule has 2 aromatic rings. The van der Waals surface area contributed by atoms with Crippen molar-refractivity contribution in [3.63, 3.8) is 0 Å². The average molecular weight is 189 g/mol. The molecule has 0 saturated heterocycles. The van der Waals surface area contributed by atoms with Crippen LogP contribution in [-0.2, 0) is 0 Å². The topological polar surface area (TPSA) is 46.3 Å². The standard InChI is InChI=1S/C11H11NO2/c1-8(13)11-7-10(12-14-11)9-5-3-2-4-6-9/h2-8,13H,1H3/t8-/m1/s1. The van der Waals surface area contributed by atoms with Crippen molar-refractivity contribution in [1.82, 2.24) is 5.16 Å². The van der Waals surface area contributed by atoms with E-state index in [0.29, 0.717) is 5.76 Å². The Kier molecular flexibility index (Phi) is 2.33. The number of hydrogen-bond donors (Lipinski definition) is 1. The number of nitrogens with zero attached hydrogens (tertiary/aromatic N) is 1. The summed E-state index contributed by atoms with van der Waals surface area (Å²) >= 11 is 0. The summed E-state index contributed by atoms with van der Waals surface area (Å²) in [6, 6.07) is 11.5. The van der Waals surface area contributed by atoms with Crippen LogP contribution in [0.3, 0.4) is 0 Å². The fourth-order valence-corrected chi connectivity index (χ4v) is 1.23. The van der Waals surface area contributed by atoms with E-state index < -0.39 is 6.10 Å². The van der Waals surface area contributed by atoms with Gasteiger partial charge in [-0.15, -0.1) is 0 Å². The van der Waals surface area contributed by atoms with Gasteiger partial charge in [0.2, 0.25) is 0 Å². The second-order valence-electron chi connectivity index (χ2n) is 3.16. The molecular formula is C11H11NO2. The SMILES string of the molecule is C[C@@H](O)c1cc(-c2ccccc2)no1. The van der Waals surface area contributed by atoms with Crippen molar-refractivity contribution in [1.29, 1.82) is 0 Å². The van der Waals surface area contributed by atoms with Gasteiger partial charge in [-0.3, -0.25) is 0 Å². The van der Waals surface area contributed by atoms with Crippen molar-refractivity contribution < 1.29 is 9.63 Å². The minimum absolute atomic E-state index is 0.490. The molecular weight excluding hydrogens is 178 g/mol. The van der Waals surface area contributed by atoms with Crippen LogP contribution in [-0.4, -0.2) is 10.3 Å². The van der Waals surface area contributed by atoms with Gasteiger partial charge in [0.05, 0.1) is 0 Å². The van der Waals surface area contributed by atoms with Gasteiger partial charge in [0.1, 0.15) is 11.8 Å². The summed E-state index contributed by atoms with van der Waals surface area (Å²) in [6.07, 6.45) is -0.611. The first kappa shape index (κ1) is 8.97. The first-order chi connectivity index (χ1) is 6.77. The molecule has 1 aromatic heterocycles. The maximum Gasteiger partial charge on any atom is 0.165 e. The normalized spacial score (nSPS) is 12.7. The van der Waals surface area contributed by atoms with Crippen molar-refractivity contribution in [2.75, 3.05) is 0 Å². The molecule has 0 fully saturated rings. The van der Waals surface area contributed by atoms with E-state index in [-0.39, 0.29) is 0 Å². The third-order valence-corrected chi connectivity index (χ3v) is 2.01. The lowest BCUT2D eigenvalue weighted by Crippen LogP contribution is -1.85. The third-order valence-electron chi connectivity index (χ3n) is 2.01. The van der Waals surface area contributed by atoms with Crippen molar-refractivity contribution in [2.45, 2.75) is 13.0 Å². The molecule has 2 rings (SSSR count). The van der Waals surface area contributed by atoms with E-state index in [1.165, 1.54) is 0 Å². The Bertz CT molecular complexity index is 406. The fourth-order valence-electron chi connectivity index (χ4n) is 1.23. The van der Waals surface area contributed by atoms with Crippen LogP contribution in [0.5, 0.6) is 0 Å². The molecule has 72 valence electrons. The van der Waals surface area contributed by atoms with Crippen LogP contribution in [0.4, 0.5) is 0 Å². The molecule has 0 spiro atoms. The van der Waals surface area contributed by atoms with E-state index in [4.69, 9.17) is 4.52 Å². The average Bonchev–Trinajstić information content (AvgIpc) is 2.68. The smallest absolute Gasteiger partial charge is 0.165 e. The van der Waals surface area contributed by atoms with Crippen LogP contribution in [0, 0.1) is 0 Å². The van der Waals surface area contributed by atoms with Crippen molar-refractivity contribution >= 4 is 0 Å². The fraction of sp³-hybridized carbons (Fsp3) is 0.182. The maximum atomic E-state index is 9.25. The van der Waals surface area contributed by atoms with Gasteiger partial charge in [0.25, 0.3) is 0 Å². The summed E-state index contributed by atoms with van der Waals surface area (Å²) in [6.45, 7) is 1.65. The quantitative estimate of drug-likeness (QED) is 0.789. The number of rotatable bonds is 2. The summed E-state index contributed by atoms with van der Waals surface area (Å²) in [5.74, 6) is 0.490. The van der Waals surface area contributed by atoms with E-state index in [1.54, 1.807) is 13.0 Å². The second kappa shape index (κ2) is 3.64. The van der Waals surface area contributed by atoms with Crippen LogP contribution >= 0.6 is 0 Å². The van der Waals surface area contributed by atoms with E-state index in [2.05, 4.69) is 5.16 Å². The predicted molar refractivity (Wildman–Crippen MR) is 52.6 cm³/mol. The van der Waals surface area contributed by atoms with Crippen LogP contribution in [0.1, 0.15) is 18.8 Å². The maximum absolute atomic E-state index is 9.25. The molecule has 3 nitrogen and oxygen atoms in total. The second-order valence-corrected chi connectivity index (χ2v) is 3.16. The predicted octanol–water partition coefficient (Wildman–Crippen LogP) is 2.39. The molecule has 3 heteroatoms. The summed E-state index contributed by atoms with van der Waals surface area (Å²) in [4.78, 5) is 0. The number of hydrogen-bond acceptors (Lipinski definition) is 3. The van der Waals surface area contributed by atoms with Crippen molar-refractivity contribution in [2.24, 2.45) is 0 Å². The molecule has 0 aliphatic carbocycles. The first-order valence-electron chi connectivity index (χ1n) is 4.47. The molecule has 0 bridgehead atoms. The summed E-state index contributed by atoms with van der Waals surface area (Å²) < 4.78 is 4.98. The van der Waals surface area contributed by atoms with Gasteiger partial charge < -0.3 is 9.63 Å². The lowest BCUT2D eigenvalue weighted by molar-refractivity contribution is 0.158. The van der Waals surface area contributed by atoms with Gasteiger partial charge in [-0.2, -0.15) is 0 Å². The Morgan fingerprint density at radius 2 is 2.00 bits per heavy atom. The van der Waals surface area contributed by atoms with Gasteiger partial charge in [-0.05, 0) is 6.92 Å². The first-order valence-corrected chi connectivity index (χ1v) is 4.47. The van der Waals surface area contributed by atoms with Gasteiger partial charge in [0, 0.05) is 11.6 Å². The van der Waals surface area contributed by atoms with E-state index in [1.807, 2.05) is 30.3 Å². The molecule has 0 unspecified atom stereocenters. The lowest BCUT2D eigenvalue weighted by Gasteiger charge is -1.93. The lowest BCUT2D eigenvalue weighted by atomic mass is 10.1. The van der Waals surface area contributed by atoms with Gasteiger partial charge in [0.15, 0.2) is 5.76 Å². The minimum atomic E-state index is -0.611. The Morgan fingerprint density at radius 3 is 2.57 bits per heavy atom. The van der Waals surface area contributed by atoms with Crippen LogP contribution in [0.15, 0.2) is 40.9 Å². The summed E-state index contributed by atoms with van der Waals surface area (Å²) in [5.41, 5.74) is 1.74. The largest absolute Gasteiger partial charge is 0.385 e. The monoisotopic (exact) mass is 189 g/mol. The molecule has 0 saturated carbocycles. The number of aliphatic hydroxyl groups excluding tert-OH is 1. The van der Waals surface area contributed by atoms with Gasteiger partial charge >= 0.3 is 0 Å². The molecule has 1 N–H and O–H groups in total. The molecule has 0 aliphatic rings. The molecule has 0 aliphatic heterocycles. The Balaban J connectivity index is 2.34. The third kappa shape index (κ3) is 1.67.